The van der Waals surface area contributed by atoms with Crippen molar-refractivity contribution in [3.63, 3.8) is 0 Å². The van der Waals surface area contributed by atoms with Gasteiger partial charge in [0.15, 0.2) is 6.29 Å². The van der Waals surface area contributed by atoms with Gasteiger partial charge in [-0.1, -0.05) is 30.3 Å². The zero-order valence-corrected chi connectivity index (χ0v) is 16.3. The summed E-state index contributed by atoms with van der Waals surface area (Å²) in [5.74, 6) is -0.773. The first-order chi connectivity index (χ1) is 13.5. The minimum absolute atomic E-state index is 0.219. The van der Waals surface area contributed by atoms with Gasteiger partial charge in [-0.2, -0.15) is 0 Å². The predicted octanol–water partition coefficient (Wildman–Crippen LogP) is 3.52. The Morgan fingerprint density at radius 1 is 1.18 bits per heavy atom. The second kappa shape index (κ2) is 9.42. The molecule has 0 amide bonds. The molecular weight excluding hydrogens is 356 g/mol. The summed E-state index contributed by atoms with van der Waals surface area (Å²) in [5.41, 5.74) is 3.66. The molecule has 148 valence electrons. The molecule has 0 radical (unpaired) electrons. The van der Waals surface area contributed by atoms with E-state index in [4.69, 9.17) is 14.2 Å². The molecule has 1 heterocycles. The molecule has 2 aromatic rings. The highest BCUT2D eigenvalue weighted by Crippen LogP contribution is 2.27. The van der Waals surface area contributed by atoms with Crippen molar-refractivity contribution in [2.24, 2.45) is 0 Å². The molecule has 0 aromatic heterocycles. The van der Waals surface area contributed by atoms with Crippen molar-refractivity contribution < 1.29 is 24.1 Å². The third kappa shape index (κ3) is 5.36. The van der Waals surface area contributed by atoms with Crippen molar-refractivity contribution >= 4 is 12.0 Å². The fourth-order valence-corrected chi connectivity index (χ4v) is 3.26. The van der Waals surface area contributed by atoms with Crippen molar-refractivity contribution in [1.29, 1.82) is 0 Å². The van der Waals surface area contributed by atoms with Crippen LogP contribution in [-0.2, 0) is 20.9 Å². The van der Waals surface area contributed by atoms with Crippen LogP contribution in [-0.4, -0.2) is 18.9 Å². The van der Waals surface area contributed by atoms with Crippen molar-refractivity contribution in [2.45, 2.75) is 46.0 Å². The van der Waals surface area contributed by atoms with Crippen LogP contribution in [0.3, 0.4) is 0 Å². The van der Waals surface area contributed by atoms with E-state index in [1.165, 1.54) is 6.08 Å². The summed E-state index contributed by atoms with van der Waals surface area (Å²) in [5, 5.41) is 11.5. The highest BCUT2D eigenvalue weighted by atomic mass is 16.7. The standard InChI is InChI=1S/C23H26O5/c1-16-12-19(14-20(23(24)25)28-21-10-6-7-11-26-21)13-17(2)22(16)27-15-18-8-4-3-5-9-18/h3-5,8-9,12-14,21H,6-7,10-11,15H2,1-2H3,(H,24,25)/p-1/b20-14-. The van der Waals surface area contributed by atoms with Gasteiger partial charge in [0.1, 0.15) is 24.1 Å². The molecule has 5 nitrogen and oxygen atoms in total. The monoisotopic (exact) mass is 381 g/mol. The molecule has 1 aliphatic heterocycles. The normalized spacial score (nSPS) is 17.2. The van der Waals surface area contributed by atoms with Gasteiger partial charge in [0.2, 0.25) is 0 Å². The maximum absolute atomic E-state index is 11.5. The van der Waals surface area contributed by atoms with Crippen LogP contribution in [0.2, 0.25) is 0 Å². The molecular formula is C23H25O5-. The molecule has 1 unspecified atom stereocenters. The number of hydrogen-bond acceptors (Lipinski definition) is 5. The third-order valence-corrected chi connectivity index (χ3v) is 4.60. The fourth-order valence-electron chi connectivity index (χ4n) is 3.26. The van der Waals surface area contributed by atoms with Crippen molar-refractivity contribution in [3.05, 3.63) is 70.5 Å². The first-order valence-corrected chi connectivity index (χ1v) is 9.52. The first-order valence-electron chi connectivity index (χ1n) is 9.52. The lowest BCUT2D eigenvalue weighted by Crippen LogP contribution is -2.30. The molecule has 2 aromatic carbocycles. The van der Waals surface area contributed by atoms with E-state index in [0.29, 0.717) is 19.6 Å². The number of ether oxygens (including phenoxy) is 3. The summed E-state index contributed by atoms with van der Waals surface area (Å²) >= 11 is 0. The lowest BCUT2D eigenvalue weighted by molar-refractivity contribution is -0.306. The number of carboxylic acid groups (broad SMARTS) is 1. The van der Waals surface area contributed by atoms with E-state index in [1.54, 1.807) is 0 Å². The van der Waals surface area contributed by atoms with Crippen LogP contribution in [0.25, 0.3) is 6.08 Å². The summed E-state index contributed by atoms with van der Waals surface area (Å²) in [6.45, 7) is 4.93. The number of rotatable bonds is 7. The molecule has 0 bridgehead atoms. The topological polar surface area (TPSA) is 67.8 Å². The molecule has 0 N–H and O–H groups in total. The van der Waals surface area contributed by atoms with Gasteiger partial charge in [0.05, 0.1) is 6.61 Å². The molecule has 3 rings (SSSR count). The molecule has 1 saturated heterocycles. The number of hydrogen-bond donors (Lipinski definition) is 0. The van der Waals surface area contributed by atoms with Crippen molar-refractivity contribution in [2.75, 3.05) is 6.61 Å². The first kappa shape index (κ1) is 20.0. The molecule has 0 aliphatic carbocycles. The van der Waals surface area contributed by atoms with Gasteiger partial charge in [-0.25, -0.2) is 0 Å². The Balaban J connectivity index is 1.75. The average Bonchev–Trinajstić information content (AvgIpc) is 2.68. The van der Waals surface area contributed by atoms with Crippen LogP contribution in [0.1, 0.15) is 41.5 Å². The van der Waals surface area contributed by atoms with Crippen LogP contribution < -0.4 is 9.84 Å². The van der Waals surface area contributed by atoms with Gasteiger partial charge in [0.25, 0.3) is 0 Å². The van der Waals surface area contributed by atoms with E-state index < -0.39 is 12.3 Å². The Kier molecular flexibility index (Phi) is 6.71. The van der Waals surface area contributed by atoms with Crippen molar-refractivity contribution in [3.8, 4) is 5.75 Å². The Bertz CT molecular complexity index is 812. The Labute approximate surface area is 165 Å². The van der Waals surface area contributed by atoms with Crippen LogP contribution in [0.4, 0.5) is 0 Å². The molecule has 0 spiro atoms. The van der Waals surface area contributed by atoms with Gasteiger partial charge in [-0.15, -0.1) is 0 Å². The lowest BCUT2D eigenvalue weighted by atomic mass is 10.0. The van der Waals surface area contributed by atoms with Gasteiger partial charge in [-0.05, 0) is 67.2 Å². The van der Waals surface area contributed by atoms with Crippen LogP contribution >= 0.6 is 0 Å². The van der Waals surface area contributed by atoms with Crippen LogP contribution in [0, 0.1) is 13.8 Å². The number of benzene rings is 2. The minimum Gasteiger partial charge on any atom is -0.542 e. The van der Waals surface area contributed by atoms with E-state index in [-0.39, 0.29) is 5.76 Å². The summed E-state index contributed by atoms with van der Waals surface area (Å²) in [6.07, 6.45) is 3.54. The zero-order chi connectivity index (χ0) is 19.9. The fraction of sp³-hybridized carbons (Fsp3) is 0.348. The number of aryl methyl sites for hydroxylation is 2. The quantitative estimate of drug-likeness (QED) is 0.542. The number of carboxylic acids is 1. The van der Waals surface area contributed by atoms with Crippen LogP contribution in [0.15, 0.2) is 48.2 Å². The average molecular weight is 381 g/mol. The second-order valence-electron chi connectivity index (χ2n) is 6.97. The van der Waals surface area contributed by atoms with E-state index >= 15 is 0 Å². The molecule has 0 saturated carbocycles. The predicted molar refractivity (Wildman–Crippen MR) is 104 cm³/mol. The SMILES string of the molecule is Cc1cc(/C=C(\OC2CCCCO2)C(=O)[O-])cc(C)c1OCc1ccccc1. The summed E-state index contributed by atoms with van der Waals surface area (Å²) in [4.78, 5) is 11.5. The lowest BCUT2D eigenvalue weighted by Gasteiger charge is -2.25. The maximum atomic E-state index is 11.5. The Morgan fingerprint density at radius 2 is 1.89 bits per heavy atom. The van der Waals surface area contributed by atoms with E-state index in [9.17, 15) is 9.90 Å². The summed E-state index contributed by atoms with van der Waals surface area (Å²) in [7, 11) is 0. The van der Waals surface area contributed by atoms with Crippen LogP contribution in [0.5, 0.6) is 5.75 Å². The largest absolute Gasteiger partial charge is 0.542 e. The van der Waals surface area contributed by atoms with E-state index in [0.717, 1.165) is 40.8 Å². The highest BCUT2D eigenvalue weighted by Gasteiger charge is 2.17. The minimum atomic E-state index is -1.35. The Morgan fingerprint density at radius 3 is 2.50 bits per heavy atom. The Hall–Kier alpha value is -2.79. The molecule has 1 atom stereocenters. The van der Waals surface area contributed by atoms with E-state index in [1.807, 2.05) is 56.3 Å². The van der Waals surface area contributed by atoms with Crippen molar-refractivity contribution in [1.82, 2.24) is 0 Å². The molecule has 5 heteroatoms. The second-order valence-corrected chi connectivity index (χ2v) is 6.97. The number of carbonyl (C=O) groups excluding carboxylic acids is 1. The van der Waals surface area contributed by atoms with Gasteiger partial charge in [-0.3, -0.25) is 0 Å². The molecule has 1 fully saturated rings. The van der Waals surface area contributed by atoms with Gasteiger partial charge >= 0.3 is 0 Å². The number of carbonyl (C=O) groups is 1. The molecule has 28 heavy (non-hydrogen) atoms. The van der Waals surface area contributed by atoms with Gasteiger partial charge in [0, 0.05) is 6.42 Å². The molecule has 1 aliphatic rings. The maximum Gasteiger partial charge on any atom is 0.199 e. The highest BCUT2D eigenvalue weighted by molar-refractivity contribution is 5.88. The summed E-state index contributed by atoms with van der Waals surface area (Å²) < 4.78 is 17.0. The smallest absolute Gasteiger partial charge is 0.199 e. The third-order valence-electron chi connectivity index (χ3n) is 4.60. The van der Waals surface area contributed by atoms with Gasteiger partial charge < -0.3 is 24.1 Å². The summed E-state index contributed by atoms with van der Waals surface area (Å²) in [6, 6.07) is 13.7. The van der Waals surface area contributed by atoms with E-state index in [2.05, 4.69) is 0 Å². The zero-order valence-electron chi connectivity index (χ0n) is 16.3. The number of aliphatic carboxylic acids is 1.